The maximum atomic E-state index is 13.7. The van der Waals surface area contributed by atoms with Gasteiger partial charge in [0.05, 0.1) is 30.6 Å². The van der Waals surface area contributed by atoms with Gasteiger partial charge in [-0.15, -0.1) is 0 Å². The summed E-state index contributed by atoms with van der Waals surface area (Å²) in [5.41, 5.74) is 5.83. The van der Waals surface area contributed by atoms with Gasteiger partial charge in [0, 0.05) is 12.1 Å². The summed E-state index contributed by atoms with van der Waals surface area (Å²) in [7, 11) is 1.41. The average molecular weight is 234 g/mol. The molecule has 1 aromatic carbocycles. The number of hydrogen-bond donors (Lipinski definition) is 1. The highest BCUT2D eigenvalue weighted by atomic mass is 19.1. The van der Waals surface area contributed by atoms with Crippen molar-refractivity contribution >= 4 is 11.4 Å². The first-order chi connectivity index (χ1) is 8.13. The predicted octanol–water partition coefficient (Wildman–Crippen LogP) is 1.27. The van der Waals surface area contributed by atoms with Gasteiger partial charge in [-0.1, -0.05) is 0 Å². The average Bonchev–Trinajstić information content (AvgIpc) is 2.29. The van der Waals surface area contributed by atoms with Crippen LogP contribution < -0.4 is 15.4 Å². The maximum absolute atomic E-state index is 13.7. The van der Waals surface area contributed by atoms with Crippen molar-refractivity contribution in [3.8, 4) is 17.9 Å². The molecule has 0 aliphatic carbocycles. The molecule has 2 N–H and O–H groups in total. The minimum absolute atomic E-state index is 0.0858. The van der Waals surface area contributed by atoms with E-state index < -0.39 is 5.82 Å². The molecule has 88 valence electrons. The standard InChI is InChI=1S/C11H11FN4O/c1-17-11-7-10(8(12)6-9(11)15)16(4-2-13)5-3-14/h6-7H,4-5,15H2,1H3. The molecule has 0 saturated carbocycles. The molecule has 0 aliphatic heterocycles. The molecule has 0 radical (unpaired) electrons. The maximum Gasteiger partial charge on any atom is 0.148 e. The number of nitrogens with two attached hydrogens (primary N) is 1. The fourth-order valence-electron chi connectivity index (χ4n) is 1.37. The van der Waals surface area contributed by atoms with E-state index in [0.717, 1.165) is 6.07 Å². The van der Waals surface area contributed by atoms with Crippen LogP contribution in [0.25, 0.3) is 0 Å². The molecule has 17 heavy (non-hydrogen) atoms. The molecule has 0 spiro atoms. The Morgan fingerprint density at radius 3 is 2.41 bits per heavy atom. The lowest BCUT2D eigenvalue weighted by Gasteiger charge is -2.20. The molecule has 6 heteroatoms. The number of rotatable bonds is 4. The second-order valence-corrected chi connectivity index (χ2v) is 3.22. The van der Waals surface area contributed by atoms with E-state index in [2.05, 4.69) is 0 Å². The quantitative estimate of drug-likeness (QED) is 0.626. The highest BCUT2D eigenvalue weighted by molar-refractivity contribution is 5.63. The first-order valence-corrected chi connectivity index (χ1v) is 4.76. The third-order valence-corrected chi connectivity index (χ3v) is 2.16. The lowest BCUT2D eigenvalue weighted by molar-refractivity contribution is 0.416. The number of hydrogen-bond acceptors (Lipinski definition) is 5. The number of ether oxygens (including phenoxy) is 1. The van der Waals surface area contributed by atoms with Gasteiger partial charge in [0.1, 0.15) is 24.7 Å². The Morgan fingerprint density at radius 1 is 1.35 bits per heavy atom. The Balaban J connectivity index is 3.19. The van der Waals surface area contributed by atoms with Crippen molar-refractivity contribution < 1.29 is 9.13 Å². The SMILES string of the molecule is COc1cc(N(CC#N)CC#N)c(F)cc1N. The van der Waals surface area contributed by atoms with Crippen LogP contribution in [0.5, 0.6) is 5.75 Å². The van der Waals surface area contributed by atoms with Gasteiger partial charge in [0.25, 0.3) is 0 Å². The van der Waals surface area contributed by atoms with Crippen LogP contribution in [0.1, 0.15) is 0 Å². The van der Waals surface area contributed by atoms with E-state index in [1.807, 2.05) is 12.1 Å². The van der Waals surface area contributed by atoms with Crippen molar-refractivity contribution in [2.24, 2.45) is 0 Å². The topological polar surface area (TPSA) is 86.1 Å². The summed E-state index contributed by atoms with van der Waals surface area (Å²) in [4.78, 5) is 1.30. The monoisotopic (exact) mass is 234 g/mol. The van der Waals surface area contributed by atoms with Crippen molar-refractivity contribution in [3.63, 3.8) is 0 Å². The summed E-state index contributed by atoms with van der Waals surface area (Å²) < 4.78 is 18.6. The molecule has 0 aliphatic rings. The summed E-state index contributed by atoms with van der Waals surface area (Å²) in [5, 5.41) is 17.2. The van der Waals surface area contributed by atoms with Crippen molar-refractivity contribution in [1.29, 1.82) is 10.5 Å². The molecule has 0 heterocycles. The number of nitrogen functional groups attached to an aromatic ring is 1. The highest BCUT2D eigenvalue weighted by Crippen LogP contribution is 2.30. The van der Waals surface area contributed by atoms with Crippen molar-refractivity contribution in [2.75, 3.05) is 30.8 Å². The van der Waals surface area contributed by atoms with Crippen LogP contribution in [0.2, 0.25) is 0 Å². The van der Waals surface area contributed by atoms with Gasteiger partial charge in [-0.25, -0.2) is 4.39 Å². The molecule has 0 bridgehead atoms. The van der Waals surface area contributed by atoms with Crippen LogP contribution >= 0.6 is 0 Å². The lowest BCUT2D eigenvalue weighted by Crippen LogP contribution is -2.25. The fraction of sp³-hybridized carbons (Fsp3) is 0.273. The van der Waals surface area contributed by atoms with Gasteiger partial charge < -0.3 is 15.4 Å². The van der Waals surface area contributed by atoms with Crippen LogP contribution in [0.4, 0.5) is 15.8 Å². The number of benzene rings is 1. The fourth-order valence-corrected chi connectivity index (χ4v) is 1.37. The molecule has 0 amide bonds. The molecular weight excluding hydrogens is 223 g/mol. The van der Waals surface area contributed by atoms with Crippen LogP contribution in [0.3, 0.4) is 0 Å². The molecule has 0 aromatic heterocycles. The third kappa shape index (κ3) is 2.76. The van der Waals surface area contributed by atoms with Crippen molar-refractivity contribution in [3.05, 3.63) is 17.9 Å². The number of anilines is 2. The van der Waals surface area contributed by atoms with Gasteiger partial charge in [0.15, 0.2) is 0 Å². The first-order valence-electron chi connectivity index (χ1n) is 4.76. The molecule has 0 fully saturated rings. The number of methoxy groups -OCH3 is 1. The zero-order chi connectivity index (χ0) is 12.8. The van der Waals surface area contributed by atoms with Gasteiger partial charge in [-0.2, -0.15) is 10.5 Å². The second-order valence-electron chi connectivity index (χ2n) is 3.22. The minimum Gasteiger partial charge on any atom is -0.495 e. The zero-order valence-corrected chi connectivity index (χ0v) is 9.27. The van der Waals surface area contributed by atoms with Crippen LogP contribution in [-0.2, 0) is 0 Å². The minimum atomic E-state index is -0.589. The zero-order valence-electron chi connectivity index (χ0n) is 9.27. The van der Waals surface area contributed by atoms with Gasteiger partial charge in [0.2, 0.25) is 0 Å². The summed E-state index contributed by atoms with van der Waals surface area (Å²) in [6.45, 7) is -0.172. The highest BCUT2D eigenvalue weighted by Gasteiger charge is 2.14. The first kappa shape index (κ1) is 12.6. The Morgan fingerprint density at radius 2 is 1.94 bits per heavy atom. The van der Waals surface area contributed by atoms with Crippen molar-refractivity contribution in [2.45, 2.75) is 0 Å². The van der Waals surface area contributed by atoms with Gasteiger partial charge >= 0.3 is 0 Å². The van der Waals surface area contributed by atoms with E-state index in [1.165, 1.54) is 18.1 Å². The Hall–Kier alpha value is -2.47. The van der Waals surface area contributed by atoms with Crippen molar-refractivity contribution in [1.82, 2.24) is 0 Å². The van der Waals surface area contributed by atoms with E-state index in [9.17, 15) is 4.39 Å². The molecule has 0 saturated heterocycles. The third-order valence-electron chi connectivity index (χ3n) is 2.16. The summed E-state index contributed by atoms with van der Waals surface area (Å²) >= 11 is 0. The van der Waals surface area contributed by atoms with Crippen LogP contribution in [0, 0.1) is 28.5 Å². The van der Waals surface area contributed by atoms with Gasteiger partial charge in [-0.3, -0.25) is 0 Å². The van der Waals surface area contributed by atoms with Gasteiger partial charge in [-0.05, 0) is 0 Å². The number of nitrogens with zero attached hydrogens (tertiary/aromatic N) is 3. The number of halogens is 1. The predicted molar refractivity (Wildman–Crippen MR) is 60.8 cm³/mol. The van der Waals surface area contributed by atoms with E-state index in [-0.39, 0.29) is 24.5 Å². The van der Waals surface area contributed by atoms with E-state index in [4.69, 9.17) is 21.0 Å². The summed E-state index contributed by atoms with van der Waals surface area (Å²) in [6.07, 6.45) is 0. The largest absolute Gasteiger partial charge is 0.495 e. The molecule has 5 nitrogen and oxygen atoms in total. The lowest BCUT2D eigenvalue weighted by atomic mass is 10.2. The normalized spacial score (nSPS) is 9.18. The molecule has 0 atom stereocenters. The molecule has 1 rings (SSSR count). The summed E-state index contributed by atoms with van der Waals surface area (Å²) in [5.74, 6) is -0.281. The van der Waals surface area contributed by atoms with Crippen LogP contribution in [0.15, 0.2) is 12.1 Å². The Labute approximate surface area is 98.4 Å². The second kappa shape index (κ2) is 5.57. The number of nitriles is 2. The molecular formula is C11H11FN4O. The molecule has 0 unspecified atom stereocenters. The smallest absolute Gasteiger partial charge is 0.148 e. The Bertz CT molecular complexity index is 473. The Kier molecular flexibility index (Phi) is 4.13. The summed E-state index contributed by atoms with van der Waals surface area (Å²) in [6, 6.07) is 6.21. The molecule has 1 aromatic rings. The van der Waals surface area contributed by atoms with E-state index in [0.29, 0.717) is 5.75 Å². The van der Waals surface area contributed by atoms with E-state index >= 15 is 0 Å². The van der Waals surface area contributed by atoms with Crippen LogP contribution in [-0.4, -0.2) is 20.2 Å². The van der Waals surface area contributed by atoms with E-state index in [1.54, 1.807) is 0 Å².